The van der Waals surface area contributed by atoms with Crippen molar-refractivity contribution in [3.05, 3.63) is 67.4 Å². The summed E-state index contributed by atoms with van der Waals surface area (Å²) in [5, 5.41) is 18.9. The topological polar surface area (TPSA) is 140 Å². The third-order valence-corrected chi connectivity index (χ3v) is 3.52. The van der Waals surface area contributed by atoms with Crippen molar-refractivity contribution < 1.29 is 19.8 Å². The number of Topliss-reactive ketones (excluding diaryl/α,β-unsaturated/α-hetero) is 1. The molecule has 0 atom stereocenters. The normalized spacial score (nSPS) is 15.1. The number of carboxylic acids is 1. The highest BCUT2D eigenvalue weighted by molar-refractivity contribution is 6.42. The second-order valence-electron chi connectivity index (χ2n) is 5.01. The Morgan fingerprint density at radius 2 is 1.79 bits per heavy atom. The molecule has 24 heavy (non-hydrogen) atoms. The van der Waals surface area contributed by atoms with E-state index in [0.29, 0.717) is 11.1 Å². The summed E-state index contributed by atoms with van der Waals surface area (Å²) in [6.45, 7) is 0. The van der Waals surface area contributed by atoms with Gasteiger partial charge < -0.3 is 10.2 Å². The second-order valence-corrected chi connectivity index (χ2v) is 5.01. The Labute approximate surface area is 133 Å². The smallest absolute Gasteiger partial charge is 0.339 e. The number of carboxylic acid groups (broad SMARTS) is 1. The number of aromatic nitrogens is 2. The van der Waals surface area contributed by atoms with Gasteiger partial charge >= 0.3 is 11.7 Å². The Morgan fingerprint density at radius 3 is 2.46 bits per heavy atom. The Kier molecular flexibility index (Phi) is 3.49. The highest BCUT2D eigenvalue weighted by atomic mass is 16.4. The summed E-state index contributed by atoms with van der Waals surface area (Å²) in [5.74, 6) is -2.92. The molecule has 1 aliphatic rings. The van der Waals surface area contributed by atoms with Gasteiger partial charge in [-0.3, -0.25) is 19.6 Å². The average Bonchev–Trinajstić information content (AvgIpc) is 2.51. The van der Waals surface area contributed by atoms with Gasteiger partial charge in [0.1, 0.15) is 11.1 Å². The van der Waals surface area contributed by atoms with Crippen LogP contribution in [-0.2, 0) is 9.59 Å². The van der Waals surface area contributed by atoms with Gasteiger partial charge in [-0.15, -0.1) is 0 Å². The zero-order valence-electron chi connectivity index (χ0n) is 12.0. The van der Waals surface area contributed by atoms with E-state index in [1.165, 1.54) is 6.08 Å². The van der Waals surface area contributed by atoms with E-state index in [1.807, 2.05) is 9.97 Å². The fourth-order valence-corrected chi connectivity index (χ4v) is 2.42. The van der Waals surface area contributed by atoms with Crippen LogP contribution in [0.2, 0.25) is 0 Å². The molecule has 1 aliphatic carbocycles. The summed E-state index contributed by atoms with van der Waals surface area (Å²) in [6, 6.07) is 6.53. The van der Waals surface area contributed by atoms with E-state index in [9.17, 15) is 29.4 Å². The van der Waals surface area contributed by atoms with Crippen LogP contribution in [-0.4, -0.2) is 31.9 Å². The molecule has 8 heteroatoms. The fourth-order valence-electron chi connectivity index (χ4n) is 2.42. The van der Waals surface area contributed by atoms with Crippen molar-refractivity contribution in [3.63, 3.8) is 0 Å². The van der Waals surface area contributed by atoms with E-state index in [4.69, 9.17) is 0 Å². The van der Waals surface area contributed by atoms with Gasteiger partial charge in [0, 0.05) is 5.57 Å². The van der Waals surface area contributed by atoms with Gasteiger partial charge in [0.05, 0.1) is 0 Å². The number of ketones is 1. The first-order chi connectivity index (χ1) is 11.4. The molecule has 8 nitrogen and oxygen atoms in total. The lowest BCUT2D eigenvalue weighted by Crippen LogP contribution is -2.24. The zero-order chi connectivity index (χ0) is 17.4. The van der Waals surface area contributed by atoms with E-state index < -0.39 is 34.5 Å². The molecule has 1 heterocycles. The Bertz CT molecular complexity index is 1050. The van der Waals surface area contributed by atoms with E-state index in [2.05, 4.69) is 0 Å². The van der Waals surface area contributed by atoms with E-state index >= 15 is 0 Å². The number of aliphatic carboxylic acids is 1. The van der Waals surface area contributed by atoms with Crippen molar-refractivity contribution in [1.82, 2.24) is 9.97 Å². The number of carbonyl (C=O) groups is 2. The van der Waals surface area contributed by atoms with Crippen LogP contribution in [0.5, 0.6) is 5.88 Å². The molecule has 2 aromatic rings. The first kappa shape index (κ1) is 15.2. The molecule has 120 valence electrons. The molecule has 1 aromatic heterocycles. The van der Waals surface area contributed by atoms with Crippen molar-refractivity contribution in [2.75, 3.05) is 0 Å². The molecular formula is C16H10N2O6. The first-order valence-corrected chi connectivity index (χ1v) is 6.75. The monoisotopic (exact) mass is 326 g/mol. The number of fused-ring (bicyclic) bond motifs is 1. The number of hydrogen-bond donors (Lipinski definition) is 4. The SMILES string of the molecule is O=C(O)C1=Cc2ccccc2/C(=C\c2c(O)[nH]c(=O)[nH]c2=O)C1=O. The van der Waals surface area contributed by atoms with Crippen LogP contribution in [0.1, 0.15) is 16.7 Å². The molecule has 0 fully saturated rings. The van der Waals surface area contributed by atoms with Gasteiger partial charge in [-0.25, -0.2) is 9.59 Å². The molecule has 3 rings (SSSR count). The molecule has 1 aromatic carbocycles. The van der Waals surface area contributed by atoms with Crippen LogP contribution in [0.25, 0.3) is 17.7 Å². The number of nitrogens with one attached hydrogen (secondary N) is 2. The number of hydrogen-bond acceptors (Lipinski definition) is 5. The van der Waals surface area contributed by atoms with Crippen LogP contribution in [0.3, 0.4) is 0 Å². The average molecular weight is 326 g/mol. The lowest BCUT2D eigenvalue weighted by Gasteiger charge is -2.16. The summed E-state index contributed by atoms with van der Waals surface area (Å²) in [7, 11) is 0. The van der Waals surface area contributed by atoms with E-state index in [1.54, 1.807) is 24.3 Å². The minimum Gasteiger partial charge on any atom is -0.494 e. The zero-order valence-corrected chi connectivity index (χ0v) is 12.0. The van der Waals surface area contributed by atoms with Crippen LogP contribution < -0.4 is 11.2 Å². The van der Waals surface area contributed by atoms with Crippen molar-refractivity contribution in [1.29, 1.82) is 0 Å². The lowest BCUT2D eigenvalue weighted by molar-refractivity contribution is -0.133. The molecule has 0 unspecified atom stereocenters. The Morgan fingerprint density at radius 1 is 1.08 bits per heavy atom. The van der Waals surface area contributed by atoms with Gasteiger partial charge in [0.25, 0.3) is 5.56 Å². The number of H-pyrrole nitrogens is 2. The summed E-state index contributed by atoms with van der Waals surface area (Å²) in [5.41, 5.74) is -1.78. The maximum Gasteiger partial charge on any atom is 0.339 e. The van der Waals surface area contributed by atoms with Crippen molar-refractivity contribution in [3.8, 4) is 5.88 Å². The van der Waals surface area contributed by atoms with Gasteiger partial charge in [0.2, 0.25) is 11.7 Å². The molecular weight excluding hydrogens is 316 g/mol. The molecule has 0 amide bonds. The largest absolute Gasteiger partial charge is 0.494 e. The molecule has 4 N–H and O–H groups in total. The van der Waals surface area contributed by atoms with Crippen molar-refractivity contribution in [2.24, 2.45) is 0 Å². The standard InChI is InChI=1S/C16H10N2O6/c19-12-9(6-11-13(20)17-16(24)18-14(11)21)8-4-2-1-3-7(8)5-10(12)15(22)23/h1-6H,(H,22,23)(H3,17,18,20,21,24)/b9-6+. The third-order valence-electron chi connectivity index (χ3n) is 3.52. The number of aromatic hydroxyl groups is 1. The predicted molar refractivity (Wildman–Crippen MR) is 84.3 cm³/mol. The van der Waals surface area contributed by atoms with Gasteiger partial charge in [-0.2, -0.15) is 0 Å². The highest BCUT2D eigenvalue weighted by Gasteiger charge is 2.28. The van der Waals surface area contributed by atoms with Gasteiger partial charge in [0.15, 0.2) is 0 Å². The number of benzene rings is 1. The fraction of sp³-hybridized carbons (Fsp3) is 0. The first-order valence-electron chi connectivity index (χ1n) is 6.75. The second kappa shape index (κ2) is 5.51. The lowest BCUT2D eigenvalue weighted by atomic mass is 9.86. The van der Waals surface area contributed by atoms with Crippen LogP contribution in [0.15, 0.2) is 39.4 Å². The molecule has 0 aliphatic heterocycles. The Balaban J connectivity index is 2.30. The number of carbonyl (C=O) groups excluding carboxylic acids is 1. The number of aromatic amines is 2. The number of allylic oxidation sites excluding steroid dienone is 1. The van der Waals surface area contributed by atoms with Gasteiger partial charge in [-0.05, 0) is 23.3 Å². The molecule has 0 saturated carbocycles. The minimum absolute atomic E-state index is 0.0710. The molecule has 0 spiro atoms. The Hall–Kier alpha value is -3.68. The molecule has 0 bridgehead atoms. The summed E-state index contributed by atoms with van der Waals surface area (Å²) in [4.78, 5) is 50.6. The van der Waals surface area contributed by atoms with Crippen molar-refractivity contribution >= 4 is 29.5 Å². The van der Waals surface area contributed by atoms with Crippen LogP contribution in [0.4, 0.5) is 0 Å². The van der Waals surface area contributed by atoms with Crippen LogP contribution >= 0.6 is 0 Å². The van der Waals surface area contributed by atoms with Crippen LogP contribution in [0, 0.1) is 0 Å². The summed E-state index contributed by atoms with van der Waals surface area (Å²) < 4.78 is 0. The maximum atomic E-state index is 12.4. The third kappa shape index (κ3) is 2.45. The molecule has 0 radical (unpaired) electrons. The number of rotatable bonds is 2. The predicted octanol–water partition coefficient (Wildman–Crippen LogP) is 0.360. The van der Waals surface area contributed by atoms with Gasteiger partial charge in [-0.1, -0.05) is 24.3 Å². The summed E-state index contributed by atoms with van der Waals surface area (Å²) >= 11 is 0. The molecule has 0 saturated heterocycles. The maximum absolute atomic E-state index is 12.4. The van der Waals surface area contributed by atoms with E-state index in [-0.39, 0.29) is 11.1 Å². The van der Waals surface area contributed by atoms with Crippen molar-refractivity contribution in [2.45, 2.75) is 0 Å². The summed E-state index contributed by atoms with van der Waals surface area (Å²) in [6.07, 6.45) is 2.30. The van der Waals surface area contributed by atoms with E-state index in [0.717, 1.165) is 6.08 Å². The highest BCUT2D eigenvalue weighted by Crippen LogP contribution is 2.32. The minimum atomic E-state index is -1.40. The quantitative estimate of drug-likeness (QED) is 0.464.